The number of benzene rings is 2. The minimum atomic E-state index is -0.415. The fourth-order valence-electron chi connectivity index (χ4n) is 2.39. The van der Waals surface area contributed by atoms with Gasteiger partial charge in [-0.25, -0.2) is 0 Å². The van der Waals surface area contributed by atoms with Crippen LogP contribution in [0.3, 0.4) is 0 Å². The van der Waals surface area contributed by atoms with Gasteiger partial charge in [-0.15, -0.1) is 11.8 Å². The maximum absolute atomic E-state index is 10.2. The second kappa shape index (κ2) is 6.92. The largest absolute Gasteiger partial charge is 0.446 e. The van der Waals surface area contributed by atoms with Gasteiger partial charge < -0.3 is 9.76 Å². The maximum Gasteiger partial charge on any atom is 0.326 e. The van der Waals surface area contributed by atoms with Crippen molar-refractivity contribution in [2.45, 2.75) is 27.6 Å². The number of thioether (sulfide) groups is 1. The third-order valence-corrected chi connectivity index (χ3v) is 5.31. The molecular weight excluding hydrogens is 299 g/mol. The molecule has 2 nitrogen and oxygen atoms in total. The second-order valence-electron chi connectivity index (χ2n) is 5.00. The molecule has 0 fully saturated rings. The van der Waals surface area contributed by atoms with Crippen LogP contribution in [0.4, 0.5) is 0 Å². The molecule has 0 bridgehead atoms. The van der Waals surface area contributed by atoms with Gasteiger partial charge in [0.05, 0.1) is 6.61 Å². The van der Waals surface area contributed by atoms with Crippen molar-refractivity contribution in [1.82, 2.24) is 0 Å². The van der Waals surface area contributed by atoms with Crippen molar-refractivity contribution >= 4 is 35.9 Å². The predicted octanol–water partition coefficient (Wildman–Crippen LogP) is 3.28. The summed E-state index contributed by atoms with van der Waals surface area (Å²) in [5.74, 6) is 0. The van der Waals surface area contributed by atoms with Gasteiger partial charge in [0.1, 0.15) is 0 Å². The van der Waals surface area contributed by atoms with E-state index in [2.05, 4.69) is 48.7 Å². The van der Waals surface area contributed by atoms with Crippen molar-refractivity contribution in [2.75, 3.05) is 12.9 Å². The summed E-state index contributed by atoms with van der Waals surface area (Å²) in [6.07, 6.45) is 2.75. The zero-order chi connectivity index (χ0) is 14.7. The van der Waals surface area contributed by atoms with Crippen LogP contribution in [0.15, 0.2) is 57.2 Å². The highest BCUT2D eigenvalue weighted by Gasteiger charge is 2.21. The van der Waals surface area contributed by atoms with Gasteiger partial charge in [0, 0.05) is 21.3 Å². The van der Waals surface area contributed by atoms with Crippen molar-refractivity contribution in [3.63, 3.8) is 0 Å². The first-order valence-electron chi connectivity index (χ1n) is 6.97. The molecule has 2 aromatic carbocycles. The van der Waals surface area contributed by atoms with Gasteiger partial charge in [-0.1, -0.05) is 23.9 Å². The highest BCUT2D eigenvalue weighted by atomic mass is 32.2. The fraction of sp³-hybridized carbons (Fsp3) is 0.250. The van der Waals surface area contributed by atoms with Gasteiger partial charge in [-0.2, -0.15) is 0 Å². The van der Waals surface area contributed by atoms with Crippen LogP contribution >= 0.6 is 23.5 Å². The third kappa shape index (κ3) is 3.66. The molecule has 1 aliphatic rings. The number of ether oxygens (including phenoxy) is 1. The zero-order valence-corrected chi connectivity index (χ0v) is 13.5. The van der Waals surface area contributed by atoms with E-state index in [-0.39, 0.29) is 0 Å². The molecule has 0 amide bonds. The molecule has 2 aromatic rings. The first-order valence-corrected chi connectivity index (χ1v) is 9.01. The van der Waals surface area contributed by atoms with Crippen LogP contribution < -0.4 is 5.46 Å². The van der Waals surface area contributed by atoms with E-state index in [0.29, 0.717) is 19.5 Å². The molecule has 5 heteroatoms. The van der Waals surface area contributed by atoms with Gasteiger partial charge >= 0.3 is 6.92 Å². The minimum Gasteiger partial charge on any atom is -0.446 e. The predicted molar refractivity (Wildman–Crippen MR) is 90.9 cm³/mol. The minimum absolute atomic E-state index is 0.415. The molecule has 21 heavy (non-hydrogen) atoms. The van der Waals surface area contributed by atoms with Crippen LogP contribution in [0, 0.1) is 0 Å². The first-order chi connectivity index (χ1) is 10.3. The van der Waals surface area contributed by atoms with Gasteiger partial charge in [0.2, 0.25) is 0 Å². The summed E-state index contributed by atoms with van der Waals surface area (Å²) in [7, 11) is 0. The Morgan fingerprint density at radius 1 is 1.05 bits per heavy atom. The summed E-state index contributed by atoms with van der Waals surface area (Å²) in [5, 5.41) is 10.2. The third-order valence-electron chi connectivity index (χ3n) is 3.56. The van der Waals surface area contributed by atoms with Crippen LogP contribution in [0.1, 0.15) is 5.56 Å². The number of hydrogen-bond donors (Lipinski definition) is 1. The van der Waals surface area contributed by atoms with E-state index in [0.717, 1.165) is 15.9 Å². The fourth-order valence-corrected chi connectivity index (χ4v) is 3.67. The normalized spacial score (nSPS) is 14.7. The SMILES string of the molecule is CSc1ccc(Sc2ccc3c(c2)B(O)CCOC3)cc1. The zero-order valence-electron chi connectivity index (χ0n) is 11.9. The van der Waals surface area contributed by atoms with Crippen LogP contribution in [0.2, 0.25) is 6.32 Å². The smallest absolute Gasteiger partial charge is 0.326 e. The van der Waals surface area contributed by atoms with Crippen LogP contribution in [-0.2, 0) is 11.3 Å². The quantitative estimate of drug-likeness (QED) is 0.695. The van der Waals surface area contributed by atoms with Gasteiger partial charge in [-0.3, -0.25) is 0 Å². The average molecular weight is 316 g/mol. The van der Waals surface area contributed by atoms with E-state index in [1.807, 2.05) is 0 Å². The Kier molecular flexibility index (Phi) is 4.96. The number of fused-ring (bicyclic) bond motifs is 1. The van der Waals surface area contributed by atoms with E-state index >= 15 is 0 Å². The Balaban J connectivity index is 1.82. The van der Waals surface area contributed by atoms with Gasteiger partial charge in [-0.05, 0) is 53.9 Å². The van der Waals surface area contributed by atoms with E-state index in [9.17, 15) is 5.02 Å². The monoisotopic (exact) mass is 316 g/mol. The van der Waals surface area contributed by atoms with Crippen molar-refractivity contribution in [1.29, 1.82) is 0 Å². The van der Waals surface area contributed by atoms with E-state index in [1.165, 1.54) is 9.79 Å². The molecule has 3 rings (SSSR count). The molecule has 0 saturated heterocycles. The standard InChI is InChI=1S/C16H17BO2S2/c1-20-13-4-6-14(7-5-13)21-15-3-2-12-11-19-9-8-17(18)16(12)10-15/h2-7,10,18H,8-9,11H2,1H3. The molecule has 1 N–H and O–H groups in total. The molecule has 0 aliphatic carbocycles. The lowest BCUT2D eigenvalue weighted by molar-refractivity contribution is 0.135. The highest BCUT2D eigenvalue weighted by Crippen LogP contribution is 2.29. The van der Waals surface area contributed by atoms with Crippen LogP contribution in [0.5, 0.6) is 0 Å². The summed E-state index contributed by atoms with van der Waals surface area (Å²) in [6, 6.07) is 14.8. The molecule has 108 valence electrons. The Labute approximate surface area is 134 Å². The second-order valence-corrected chi connectivity index (χ2v) is 7.02. The molecule has 0 spiro atoms. The lowest BCUT2D eigenvalue weighted by Gasteiger charge is -2.10. The molecule has 0 saturated carbocycles. The van der Waals surface area contributed by atoms with Crippen molar-refractivity contribution < 1.29 is 9.76 Å². The molecule has 0 radical (unpaired) electrons. The Morgan fingerprint density at radius 2 is 1.76 bits per heavy atom. The molecule has 1 aliphatic heterocycles. The summed E-state index contributed by atoms with van der Waals surface area (Å²) in [4.78, 5) is 3.65. The molecule has 0 aromatic heterocycles. The van der Waals surface area contributed by atoms with E-state index in [1.54, 1.807) is 23.5 Å². The van der Waals surface area contributed by atoms with Crippen LogP contribution in [0.25, 0.3) is 0 Å². The van der Waals surface area contributed by atoms with Crippen molar-refractivity contribution in [3.05, 3.63) is 48.0 Å². The van der Waals surface area contributed by atoms with Crippen LogP contribution in [-0.4, -0.2) is 24.8 Å². The number of rotatable bonds is 3. The summed E-state index contributed by atoms with van der Waals surface area (Å²) < 4.78 is 5.51. The summed E-state index contributed by atoms with van der Waals surface area (Å²) in [5.41, 5.74) is 2.11. The Bertz CT molecular complexity index is 616. The lowest BCUT2D eigenvalue weighted by atomic mass is 9.58. The van der Waals surface area contributed by atoms with Crippen molar-refractivity contribution in [3.8, 4) is 0 Å². The summed E-state index contributed by atoms with van der Waals surface area (Å²) >= 11 is 3.48. The Hall–Kier alpha value is -0.875. The van der Waals surface area contributed by atoms with E-state index < -0.39 is 6.92 Å². The number of hydrogen-bond acceptors (Lipinski definition) is 4. The van der Waals surface area contributed by atoms with Gasteiger partial charge in [0.25, 0.3) is 0 Å². The molecular formula is C16H17BO2S2. The average Bonchev–Trinajstić information content (AvgIpc) is 2.70. The highest BCUT2D eigenvalue weighted by molar-refractivity contribution is 7.99. The van der Waals surface area contributed by atoms with E-state index in [4.69, 9.17) is 4.74 Å². The summed E-state index contributed by atoms with van der Waals surface area (Å²) in [6.45, 7) is 0.802. The lowest BCUT2D eigenvalue weighted by Crippen LogP contribution is -2.32. The Morgan fingerprint density at radius 3 is 2.52 bits per heavy atom. The molecule has 1 heterocycles. The first kappa shape index (κ1) is 15.0. The topological polar surface area (TPSA) is 29.5 Å². The molecule has 0 atom stereocenters. The maximum atomic E-state index is 10.2. The molecule has 0 unspecified atom stereocenters. The van der Waals surface area contributed by atoms with Crippen molar-refractivity contribution in [2.24, 2.45) is 0 Å². The van der Waals surface area contributed by atoms with Gasteiger partial charge in [0.15, 0.2) is 0 Å².